The topological polar surface area (TPSA) is 88.9 Å². The van der Waals surface area contributed by atoms with Crippen LogP contribution in [-0.4, -0.2) is 49.2 Å². The maximum atomic E-state index is 12.4. The lowest BCUT2D eigenvalue weighted by atomic mass is 10.1. The van der Waals surface area contributed by atoms with E-state index in [0.717, 1.165) is 0 Å². The first-order chi connectivity index (χ1) is 13.6. The van der Waals surface area contributed by atoms with Gasteiger partial charge in [0.05, 0.1) is 23.7 Å². The molecule has 0 bridgehead atoms. The summed E-state index contributed by atoms with van der Waals surface area (Å²) in [5.41, 5.74) is 0.733. The van der Waals surface area contributed by atoms with Crippen molar-refractivity contribution in [3.63, 3.8) is 0 Å². The number of esters is 1. The molecule has 1 aliphatic rings. The van der Waals surface area contributed by atoms with Crippen LogP contribution < -0.4 is 9.47 Å². The van der Waals surface area contributed by atoms with Crippen molar-refractivity contribution >= 4 is 11.9 Å². The van der Waals surface area contributed by atoms with E-state index in [2.05, 4.69) is 0 Å². The van der Waals surface area contributed by atoms with Gasteiger partial charge in [0.2, 0.25) is 0 Å². The molecule has 0 saturated carbocycles. The highest BCUT2D eigenvalue weighted by atomic mass is 16.6. The molecule has 28 heavy (non-hydrogen) atoms. The number of amides is 1. The third-order valence-corrected chi connectivity index (χ3v) is 4.30. The predicted molar refractivity (Wildman–Crippen MR) is 100 cm³/mol. The standard InChI is InChI=1S/C21H20N2O5/c1-2-23(12-17-13-26-18-5-3-4-6-19(18)28-17)20(24)14-27-21(25)16-9-7-15(11-22)8-10-16/h3-10,17H,2,12-14H2,1H3. The average molecular weight is 380 g/mol. The van der Waals surface area contributed by atoms with Gasteiger partial charge in [0.1, 0.15) is 6.61 Å². The first kappa shape index (κ1) is 19.2. The highest BCUT2D eigenvalue weighted by Gasteiger charge is 2.25. The summed E-state index contributed by atoms with van der Waals surface area (Å²) in [6.07, 6.45) is -0.298. The third kappa shape index (κ3) is 4.60. The van der Waals surface area contributed by atoms with Crippen LogP contribution in [0.4, 0.5) is 0 Å². The van der Waals surface area contributed by atoms with Crippen LogP contribution in [-0.2, 0) is 9.53 Å². The molecule has 0 spiro atoms. The Labute approximate surface area is 163 Å². The average Bonchev–Trinajstić information content (AvgIpc) is 2.75. The number of carbonyl (C=O) groups is 2. The molecule has 2 aromatic rings. The number of nitrogens with zero attached hydrogens (tertiary/aromatic N) is 2. The molecule has 1 atom stereocenters. The first-order valence-electron chi connectivity index (χ1n) is 8.94. The van der Waals surface area contributed by atoms with Crippen LogP contribution in [0.3, 0.4) is 0 Å². The molecule has 0 N–H and O–H groups in total. The second-order valence-electron chi connectivity index (χ2n) is 6.20. The van der Waals surface area contributed by atoms with Gasteiger partial charge >= 0.3 is 5.97 Å². The lowest BCUT2D eigenvalue weighted by Gasteiger charge is -2.30. The largest absolute Gasteiger partial charge is 0.486 e. The van der Waals surface area contributed by atoms with Gasteiger partial charge in [0.25, 0.3) is 5.91 Å². The number of para-hydroxylation sites is 2. The lowest BCUT2D eigenvalue weighted by Crippen LogP contribution is -2.45. The highest BCUT2D eigenvalue weighted by molar-refractivity contribution is 5.91. The monoisotopic (exact) mass is 380 g/mol. The van der Waals surface area contributed by atoms with Crippen molar-refractivity contribution < 1.29 is 23.8 Å². The summed E-state index contributed by atoms with van der Waals surface area (Å²) in [5.74, 6) is 0.408. The molecular weight excluding hydrogens is 360 g/mol. The zero-order valence-electron chi connectivity index (χ0n) is 15.5. The molecular formula is C21H20N2O5. The Bertz CT molecular complexity index is 888. The number of likely N-dealkylation sites (N-methyl/N-ethyl adjacent to an activating group) is 1. The lowest BCUT2D eigenvalue weighted by molar-refractivity contribution is -0.135. The first-order valence-corrected chi connectivity index (χ1v) is 8.94. The second-order valence-corrected chi connectivity index (χ2v) is 6.20. The van der Waals surface area contributed by atoms with Gasteiger partial charge < -0.3 is 19.1 Å². The molecule has 3 rings (SSSR count). The van der Waals surface area contributed by atoms with Crippen molar-refractivity contribution in [1.29, 1.82) is 5.26 Å². The number of benzene rings is 2. The molecule has 0 aromatic heterocycles. The Morgan fingerprint density at radius 3 is 2.57 bits per heavy atom. The van der Waals surface area contributed by atoms with Crippen molar-refractivity contribution in [3.8, 4) is 17.6 Å². The number of hydrogen-bond donors (Lipinski definition) is 0. The van der Waals surface area contributed by atoms with Crippen LogP contribution in [0.2, 0.25) is 0 Å². The summed E-state index contributed by atoms with van der Waals surface area (Å²) in [4.78, 5) is 26.1. The van der Waals surface area contributed by atoms with E-state index < -0.39 is 5.97 Å². The molecule has 0 fully saturated rings. The van der Waals surface area contributed by atoms with Gasteiger partial charge in [-0.3, -0.25) is 4.79 Å². The van der Waals surface area contributed by atoms with Crippen LogP contribution in [0.15, 0.2) is 48.5 Å². The van der Waals surface area contributed by atoms with E-state index in [4.69, 9.17) is 19.5 Å². The minimum absolute atomic E-state index is 0.287. The SMILES string of the molecule is CCN(CC1COc2ccccc2O1)C(=O)COC(=O)c1ccc(C#N)cc1. The quantitative estimate of drug-likeness (QED) is 0.715. The van der Waals surface area contributed by atoms with Gasteiger partial charge in [-0.15, -0.1) is 0 Å². The van der Waals surface area contributed by atoms with E-state index in [1.54, 1.807) is 4.90 Å². The van der Waals surface area contributed by atoms with Crippen LogP contribution >= 0.6 is 0 Å². The maximum Gasteiger partial charge on any atom is 0.338 e. The predicted octanol–water partition coefficient (Wildman–Crippen LogP) is 2.40. The van der Waals surface area contributed by atoms with Crippen LogP contribution in [0.1, 0.15) is 22.8 Å². The zero-order valence-corrected chi connectivity index (χ0v) is 15.5. The highest BCUT2D eigenvalue weighted by Crippen LogP contribution is 2.31. The van der Waals surface area contributed by atoms with Crippen molar-refractivity contribution in [2.75, 3.05) is 26.3 Å². The van der Waals surface area contributed by atoms with E-state index in [1.807, 2.05) is 37.3 Å². The Balaban J connectivity index is 1.52. The number of ether oxygens (including phenoxy) is 3. The van der Waals surface area contributed by atoms with E-state index in [-0.39, 0.29) is 24.2 Å². The van der Waals surface area contributed by atoms with Crippen LogP contribution in [0.25, 0.3) is 0 Å². The number of fused-ring (bicyclic) bond motifs is 1. The summed E-state index contributed by atoms with van der Waals surface area (Å²) >= 11 is 0. The second kappa shape index (κ2) is 8.91. The van der Waals surface area contributed by atoms with Crippen LogP contribution in [0.5, 0.6) is 11.5 Å². The summed E-state index contributed by atoms with van der Waals surface area (Å²) in [6.45, 7) is 2.60. The van der Waals surface area contributed by atoms with Crippen molar-refractivity contribution in [2.45, 2.75) is 13.0 Å². The molecule has 7 heteroatoms. The Kier molecular flexibility index (Phi) is 6.12. The number of rotatable bonds is 6. The van der Waals surface area contributed by atoms with Gasteiger partial charge in [0, 0.05) is 6.54 Å². The summed E-state index contributed by atoms with van der Waals surface area (Å²) in [6, 6.07) is 15.4. The van der Waals surface area contributed by atoms with E-state index in [1.165, 1.54) is 24.3 Å². The summed E-state index contributed by atoms with van der Waals surface area (Å²) < 4.78 is 16.6. The normalized spacial score (nSPS) is 14.6. The zero-order chi connectivity index (χ0) is 19.9. The fourth-order valence-corrected chi connectivity index (χ4v) is 2.79. The Morgan fingerprint density at radius 1 is 1.18 bits per heavy atom. The molecule has 1 aliphatic heterocycles. The fourth-order valence-electron chi connectivity index (χ4n) is 2.79. The minimum atomic E-state index is -0.611. The number of nitriles is 1. The van der Waals surface area contributed by atoms with Crippen LogP contribution in [0, 0.1) is 11.3 Å². The van der Waals surface area contributed by atoms with Gasteiger partial charge in [-0.1, -0.05) is 12.1 Å². The van der Waals surface area contributed by atoms with Crippen molar-refractivity contribution in [2.24, 2.45) is 0 Å². The summed E-state index contributed by atoms with van der Waals surface area (Å²) in [7, 11) is 0. The molecule has 1 unspecified atom stereocenters. The van der Waals surface area contributed by atoms with Gasteiger partial charge in [-0.2, -0.15) is 5.26 Å². The van der Waals surface area contributed by atoms with E-state index >= 15 is 0 Å². The van der Waals surface area contributed by atoms with Gasteiger partial charge in [0.15, 0.2) is 24.2 Å². The Hall–Kier alpha value is -3.53. The number of carbonyl (C=O) groups excluding carboxylic acids is 2. The van der Waals surface area contributed by atoms with E-state index in [9.17, 15) is 9.59 Å². The van der Waals surface area contributed by atoms with Crippen molar-refractivity contribution in [1.82, 2.24) is 4.90 Å². The number of hydrogen-bond acceptors (Lipinski definition) is 6. The third-order valence-electron chi connectivity index (χ3n) is 4.30. The molecule has 0 aliphatic carbocycles. The van der Waals surface area contributed by atoms with Crippen molar-refractivity contribution in [3.05, 3.63) is 59.7 Å². The van der Waals surface area contributed by atoms with Gasteiger partial charge in [-0.25, -0.2) is 4.79 Å². The molecule has 144 valence electrons. The molecule has 1 amide bonds. The fraction of sp³-hybridized carbons (Fsp3) is 0.286. The molecule has 7 nitrogen and oxygen atoms in total. The molecule has 2 aromatic carbocycles. The Morgan fingerprint density at radius 2 is 1.89 bits per heavy atom. The minimum Gasteiger partial charge on any atom is -0.486 e. The molecule has 0 radical (unpaired) electrons. The van der Waals surface area contributed by atoms with Gasteiger partial charge in [-0.05, 0) is 43.3 Å². The smallest absolute Gasteiger partial charge is 0.338 e. The summed E-state index contributed by atoms with van der Waals surface area (Å²) in [5, 5.41) is 8.78. The maximum absolute atomic E-state index is 12.4. The molecule has 0 saturated heterocycles. The van der Waals surface area contributed by atoms with E-state index in [0.29, 0.717) is 36.8 Å². The molecule has 1 heterocycles.